The normalized spacial score (nSPS) is 13.2. The number of benzene rings is 1. The number of rotatable bonds is 9. The Hall–Kier alpha value is -0.860. The van der Waals surface area contributed by atoms with Crippen molar-refractivity contribution in [3.63, 3.8) is 0 Å². The van der Waals surface area contributed by atoms with Crippen molar-refractivity contribution in [3.8, 4) is 0 Å². The van der Waals surface area contributed by atoms with Crippen LogP contribution in [-0.2, 0) is 0 Å². The SMILES string of the molecule is CCNC(CCN(C)CCC(C)C)c1ccccc1. The van der Waals surface area contributed by atoms with Crippen LogP contribution in [0.3, 0.4) is 0 Å². The second-order valence-electron chi connectivity index (χ2n) is 5.80. The van der Waals surface area contributed by atoms with Crippen molar-refractivity contribution in [2.45, 2.75) is 39.7 Å². The van der Waals surface area contributed by atoms with Gasteiger partial charge in [-0.25, -0.2) is 0 Å². The molecule has 2 heteroatoms. The van der Waals surface area contributed by atoms with Crippen molar-refractivity contribution in [2.24, 2.45) is 5.92 Å². The highest BCUT2D eigenvalue weighted by molar-refractivity contribution is 5.18. The van der Waals surface area contributed by atoms with Gasteiger partial charge in [0.25, 0.3) is 0 Å². The Morgan fingerprint density at radius 3 is 2.26 bits per heavy atom. The van der Waals surface area contributed by atoms with Gasteiger partial charge in [0.15, 0.2) is 0 Å². The fourth-order valence-electron chi connectivity index (χ4n) is 2.26. The third-order valence-corrected chi connectivity index (χ3v) is 3.54. The molecule has 0 saturated carbocycles. The van der Waals surface area contributed by atoms with E-state index in [-0.39, 0.29) is 0 Å². The first-order valence-corrected chi connectivity index (χ1v) is 7.60. The van der Waals surface area contributed by atoms with Gasteiger partial charge in [-0.1, -0.05) is 51.1 Å². The van der Waals surface area contributed by atoms with E-state index in [0.717, 1.165) is 19.0 Å². The molecule has 0 heterocycles. The van der Waals surface area contributed by atoms with E-state index in [2.05, 4.69) is 68.4 Å². The van der Waals surface area contributed by atoms with Crippen LogP contribution in [0.2, 0.25) is 0 Å². The first kappa shape index (κ1) is 16.2. The lowest BCUT2D eigenvalue weighted by molar-refractivity contribution is 0.290. The Morgan fingerprint density at radius 1 is 1.05 bits per heavy atom. The van der Waals surface area contributed by atoms with E-state index in [4.69, 9.17) is 0 Å². The Bertz CT molecular complexity index is 321. The molecule has 0 aliphatic carbocycles. The zero-order valence-electron chi connectivity index (χ0n) is 13.0. The van der Waals surface area contributed by atoms with E-state index in [1.807, 2.05) is 0 Å². The highest BCUT2D eigenvalue weighted by atomic mass is 15.1. The summed E-state index contributed by atoms with van der Waals surface area (Å²) in [6.45, 7) is 10.1. The van der Waals surface area contributed by atoms with Crippen LogP contribution in [0, 0.1) is 5.92 Å². The van der Waals surface area contributed by atoms with Crippen molar-refractivity contribution >= 4 is 0 Å². The second-order valence-corrected chi connectivity index (χ2v) is 5.80. The summed E-state index contributed by atoms with van der Waals surface area (Å²) in [5.41, 5.74) is 1.40. The molecule has 2 nitrogen and oxygen atoms in total. The predicted molar refractivity (Wildman–Crippen MR) is 84.4 cm³/mol. The van der Waals surface area contributed by atoms with E-state index >= 15 is 0 Å². The molecule has 0 bridgehead atoms. The summed E-state index contributed by atoms with van der Waals surface area (Å²) in [7, 11) is 2.23. The molecular weight excluding hydrogens is 232 g/mol. The van der Waals surface area contributed by atoms with Crippen LogP contribution in [0.4, 0.5) is 0 Å². The van der Waals surface area contributed by atoms with Crippen LogP contribution in [-0.4, -0.2) is 31.6 Å². The molecule has 108 valence electrons. The van der Waals surface area contributed by atoms with Gasteiger partial charge in [0.05, 0.1) is 0 Å². The standard InChI is InChI=1S/C17H30N2/c1-5-18-17(16-9-7-6-8-10-16)12-14-19(4)13-11-15(2)3/h6-10,15,17-18H,5,11-14H2,1-4H3. The number of hydrogen-bond acceptors (Lipinski definition) is 2. The van der Waals surface area contributed by atoms with Gasteiger partial charge in [-0.15, -0.1) is 0 Å². The lowest BCUT2D eigenvalue weighted by Gasteiger charge is -2.23. The summed E-state index contributed by atoms with van der Waals surface area (Å²) in [5, 5.41) is 3.59. The van der Waals surface area contributed by atoms with Crippen LogP contribution in [0.5, 0.6) is 0 Å². The maximum absolute atomic E-state index is 3.59. The van der Waals surface area contributed by atoms with Crippen LogP contribution in [0.15, 0.2) is 30.3 Å². The summed E-state index contributed by atoms with van der Waals surface area (Å²) in [6, 6.07) is 11.3. The smallest absolute Gasteiger partial charge is 0.0332 e. The van der Waals surface area contributed by atoms with Gasteiger partial charge in [0.1, 0.15) is 0 Å². The van der Waals surface area contributed by atoms with Gasteiger partial charge in [0.2, 0.25) is 0 Å². The maximum Gasteiger partial charge on any atom is 0.0332 e. The van der Waals surface area contributed by atoms with E-state index in [1.165, 1.54) is 24.9 Å². The van der Waals surface area contributed by atoms with Crippen LogP contribution in [0.25, 0.3) is 0 Å². The van der Waals surface area contributed by atoms with E-state index < -0.39 is 0 Å². The molecule has 19 heavy (non-hydrogen) atoms. The van der Waals surface area contributed by atoms with Gasteiger partial charge < -0.3 is 10.2 Å². The minimum Gasteiger partial charge on any atom is -0.310 e. The van der Waals surface area contributed by atoms with E-state index in [9.17, 15) is 0 Å². The average molecular weight is 262 g/mol. The first-order valence-electron chi connectivity index (χ1n) is 7.60. The average Bonchev–Trinajstić information content (AvgIpc) is 2.42. The highest BCUT2D eigenvalue weighted by Gasteiger charge is 2.10. The molecule has 1 N–H and O–H groups in total. The van der Waals surface area contributed by atoms with Gasteiger partial charge in [0, 0.05) is 6.04 Å². The largest absolute Gasteiger partial charge is 0.310 e. The van der Waals surface area contributed by atoms with Crippen molar-refractivity contribution in [3.05, 3.63) is 35.9 Å². The van der Waals surface area contributed by atoms with Crippen molar-refractivity contribution in [1.29, 1.82) is 0 Å². The third-order valence-electron chi connectivity index (χ3n) is 3.54. The Kier molecular flexibility index (Phi) is 7.76. The lowest BCUT2D eigenvalue weighted by atomic mass is 10.0. The van der Waals surface area contributed by atoms with Gasteiger partial charge in [-0.2, -0.15) is 0 Å². The number of nitrogens with one attached hydrogen (secondary N) is 1. The molecule has 0 spiro atoms. The quantitative estimate of drug-likeness (QED) is 0.730. The van der Waals surface area contributed by atoms with Gasteiger partial charge in [-0.05, 0) is 51.0 Å². The highest BCUT2D eigenvalue weighted by Crippen LogP contribution is 2.16. The molecule has 0 amide bonds. The van der Waals surface area contributed by atoms with Crippen LogP contribution >= 0.6 is 0 Å². The Balaban J connectivity index is 2.42. The molecular formula is C17H30N2. The zero-order valence-corrected chi connectivity index (χ0v) is 13.0. The van der Waals surface area contributed by atoms with Crippen LogP contribution in [0.1, 0.15) is 45.2 Å². The molecule has 1 rings (SSSR count). The number of hydrogen-bond donors (Lipinski definition) is 1. The van der Waals surface area contributed by atoms with E-state index in [0.29, 0.717) is 6.04 Å². The minimum absolute atomic E-state index is 0.479. The minimum atomic E-state index is 0.479. The summed E-state index contributed by atoms with van der Waals surface area (Å²) in [4.78, 5) is 2.45. The monoisotopic (exact) mass is 262 g/mol. The molecule has 0 fully saturated rings. The second kappa shape index (κ2) is 9.11. The molecule has 1 aromatic carbocycles. The van der Waals surface area contributed by atoms with Crippen LogP contribution < -0.4 is 5.32 Å². The molecule has 1 atom stereocenters. The molecule has 0 aliphatic rings. The lowest BCUT2D eigenvalue weighted by Crippen LogP contribution is -2.28. The van der Waals surface area contributed by atoms with Crippen molar-refractivity contribution < 1.29 is 0 Å². The zero-order chi connectivity index (χ0) is 14.1. The number of nitrogens with zero attached hydrogens (tertiary/aromatic N) is 1. The summed E-state index contributed by atoms with van der Waals surface area (Å²) in [6.07, 6.45) is 2.46. The third kappa shape index (κ3) is 6.74. The Labute approximate surface area is 119 Å². The van der Waals surface area contributed by atoms with Crippen molar-refractivity contribution in [2.75, 3.05) is 26.7 Å². The topological polar surface area (TPSA) is 15.3 Å². The first-order chi connectivity index (χ1) is 9.13. The summed E-state index contributed by atoms with van der Waals surface area (Å²) >= 11 is 0. The maximum atomic E-state index is 3.59. The molecule has 0 radical (unpaired) electrons. The summed E-state index contributed by atoms with van der Waals surface area (Å²) < 4.78 is 0. The molecule has 1 aromatic rings. The van der Waals surface area contributed by atoms with Crippen molar-refractivity contribution in [1.82, 2.24) is 10.2 Å². The van der Waals surface area contributed by atoms with Gasteiger partial charge in [-0.3, -0.25) is 0 Å². The summed E-state index contributed by atoms with van der Waals surface area (Å²) in [5.74, 6) is 0.793. The predicted octanol–water partition coefficient (Wildman–Crippen LogP) is 3.71. The molecule has 0 aliphatic heterocycles. The van der Waals surface area contributed by atoms with E-state index in [1.54, 1.807) is 0 Å². The molecule has 1 unspecified atom stereocenters. The molecule has 0 aromatic heterocycles. The molecule has 0 saturated heterocycles. The fourth-order valence-corrected chi connectivity index (χ4v) is 2.26. The fraction of sp³-hybridized carbons (Fsp3) is 0.647. The van der Waals surface area contributed by atoms with Gasteiger partial charge >= 0.3 is 0 Å². The Morgan fingerprint density at radius 2 is 1.68 bits per heavy atom.